The van der Waals surface area contributed by atoms with Gasteiger partial charge in [-0.2, -0.15) is 0 Å². The van der Waals surface area contributed by atoms with Crippen LogP contribution in [0, 0.1) is 6.92 Å². The van der Waals surface area contributed by atoms with Crippen molar-refractivity contribution in [3.8, 4) is 0 Å². The fourth-order valence-electron chi connectivity index (χ4n) is 1.86. The highest BCUT2D eigenvalue weighted by Crippen LogP contribution is 2.23. The van der Waals surface area contributed by atoms with Gasteiger partial charge in [-0.25, -0.2) is 0 Å². The average molecular weight is 284 g/mol. The topological polar surface area (TPSA) is 26.0 Å². The van der Waals surface area contributed by atoms with Crippen LogP contribution in [-0.4, -0.2) is 0 Å². The quantitative estimate of drug-likeness (QED) is 0.751. The molecule has 1 nitrogen and oxygen atoms in total. The van der Waals surface area contributed by atoms with Crippen LogP contribution in [0.15, 0.2) is 22.7 Å². The molecule has 2 N–H and O–H groups in total. The summed E-state index contributed by atoms with van der Waals surface area (Å²) in [6.45, 7) is 4.34. The minimum atomic E-state index is 0.198. The van der Waals surface area contributed by atoms with Gasteiger partial charge in [0.2, 0.25) is 0 Å². The lowest BCUT2D eigenvalue weighted by Crippen LogP contribution is -2.10. The number of rotatable bonds is 6. The van der Waals surface area contributed by atoms with Gasteiger partial charge in [0.1, 0.15) is 0 Å². The van der Waals surface area contributed by atoms with Crippen LogP contribution < -0.4 is 5.73 Å². The van der Waals surface area contributed by atoms with Crippen LogP contribution in [0.1, 0.15) is 56.2 Å². The number of aryl methyl sites for hydroxylation is 1. The molecule has 1 aromatic carbocycles. The van der Waals surface area contributed by atoms with Crippen LogP contribution in [0.25, 0.3) is 0 Å². The van der Waals surface area contributed by atoms with Crippen LogP contribution in [0.2, 0.25) is 0 Å². The molecular formula is C14H22BrN. The van der Waals surface area contributed by atoms with Gasteiger partial charge in [0.05, 0.1) is 0 Å². The third-order valence-corrected chi connectivity index (χ3v) is 3.87. The van der Waals surface area contributed by atoms with Gasteiger partial charge in [0.25, 0.3) is 0 Å². The van der Waals surface area contributed by atoms with Gasteiger partial charge in [-0.3, -0.25) is 0 Å². The number of hydrogen-bond acceptors (Lipinski definition) is 1. The molecule has 1 atom stereocenters. The monoisotopic (exact) mass is 283 g/mol. The molecule has 0 aromatic heterocycles. The van der Waals surface area contributed by atoms with Crippen molar-refractivity contribution in [2.75, 3.05) is 0 Å². The van der Waals surface area contributed by atoms with Gasteiger partial charge < -0.3 is 5.73 Å². The fourth-order valence-corrected chi connectivity index (χ4v) is 2.10. The molecule has 1 unspecified atom stereocenters. The van der Waals surface area contributed by atoms with Crippen molar-refractivity contribution in [1.82, 2.24) is 0 Å². The zero-order chi connectivity index (χ0) is 12.0. The van der Waals surface area contributed by atoms with Crippen molar-refractivity contribution in [3.05, 3.63) is 33.8 Å². The Kier molecular flexibility index (Phi) is 6.07. The maximum atomic E-state index is 6.18. The van der Waals surface area contributed by atoms with E-state index >= 15 is 0 Å². The first kappa shape index (κ1) is 13.7. The molecule has 0 aliphatic rings. The van der Waals surface area contributed by atoms with E-state index in [0.717, 1.165) is 10.9 Å². The van der Waals surface area contributed by atoms with E-state index in [1.165, 1.54) is 36.8 Å². The number of unbranched alkanes of at least 4 members (excludes halogenated alkanes) is 3. The summed E-state index contributed by atoms with van der Waals surface area (Å²) in [5.41, 5.74) is 8.71. The van der Waals surface area contributed by atoms with Crippen molar-refractivity contribution >= 4 is 15.9 Å². The molecule has 2 heteroatoms. The molecule has 16 heavy (non-hydrogen) atoms. The molecular weight excluding hydrogens is 262 g/mol. The third kappa shape index (κ3) is 4.26. The average Bonchev–Trinajstić information content (AvgIpc) is 2.28. The fraction of sp³-hybridized carbons (Fsp3) is 0.571. The normalized spacial score (nSPS) is 12.8. The van der Waals surface area contributed by atoms with Crippen molar-refractivity contribution in [3.63, 3.8) is 0 Å². The zero-order valence-corrected chi connectivity index (χ0v) is 11.9. The van der Waals surface area contributed by atoms with E-state index in [0.29, 0.717) is 0 Å². The summed E-state index contributed by atoms with van der Waals surface area (Å²) in [7, 11) is 0. The summed E-state index contributed by atoms with van der Waals surface area (Å²) in [4.78, 5) is 0. The van der Waals surface area contributed by atoms with Crippen LogP contribution in [0.4, 0.5) is 0 Å². The Balaban J connectivity index is 2.46. The van der Waals surface area contributed by atoms with Crippen LogP contribution in [-0.2, 0) is 0 Å². The van der Waals surface area contributed by atoms with Crippen molar-refractivity contribution in [2.24, 2.45) is 5.73 Å². The Morgan fingerprint density at radius 1 is 1.25 bits per heavy atom. The summed E-state index contributed by atoms with van der Waals surface area (Å²) in [5.74, 6) is 0. The van der Waals surface area contributed by atoms with Gasteiger partial charge in [-0.1, -0.05) is 60.7 Å². The first-order valence-corrected chi connectivity index (χ1v) is 6.96. The second-order valence-corrected chi connectivity index (χ2v) is 5.32. The SMILES string of the molecule is CCCCCCC(N)c1ccc(Br)c(C)c1. The summed E-state index contributed by atoms with van der Waals surface area (Å²) < 4.78 is 1.16. The van der Waals surface area contributed by atoms with E-state index in [1.807, 2.05) is 0 Å². The number of hydrogen-bond donors (Lipinski definition) is 1. The first-order chi connectivity index (χ1) is 7.65. The standard InChI is InChI=1S/C14H22BrN/c1-3-4-5-6-7-14(16)12-8-9-13(15)11(2)10-12/h8-10,14H,3-7,16H2,1-2H3. The summed E-state index contributed by atoms with van der Waals surface area (Å²) in [6, 6.07) is 6.61. The summed E-state index contributed by atoms with van der Waals surface area (Å²) >= 11 is 3.51. The predicted molar refractivity (Wildman–Crippen MR) is 74.6 cm³/mol. The third-order valence-electron chi connectivity index (χ3n) is 2.98. The number of halogens is 1. The molecule has 0 aliphatic heterocycles. The second-order valence-electron chi connectivity index (χ2n) is 4.46. The minimum Gasteiger partial charge on any atom is -0.324 e. The Morgan fingerprint density at radius 3 is 2.62 bits per heavy atom. The summed E-state index contributed by atoms with van der Waals surface area (Å²) in [6.07, 6.45) is 6.25. The molecule has 0 saturated heterocycles. The van der Waals surface area contributed by atoms with E-state index in [4.69, 9.17) is 5.73 Å². The molecule has 90 valence electrons. The van der Waals surface area contributed by atoms with Gasteiger partial charge in [-0.05, 0) is 30.5 Å². The summed E-state index contributed by atoms with van der Waals surface area (Å²) in [5, 5.41) is 0. The zero-order valence-electron chi connectivity index (χ0n) is 10.3. The van der Waals surface area contributed by atoms with E-state index in [-0.39, 0.29) is 6.04 Å². The molecule has 0 bridgehead atoms. The molecule has 0 heterocycles. The van der Waals surface area contributed by atoms with E-state index in [1.54, 1.807) is 0 Å². The van der Waals surface area contributed by atoms with Gasteiger partial charge in [0.15, 0.2) is 0 Å². The Labute approximate surface area is 108 Å². The van der Waals surface area contributed by atoms with Crippen LogP contribution >= 0.6 is 15.9 Å². The van der Waals surface area contributed by atoms with Gasteiger partial charge in [-0.15, -0.1) is 0 Å². The van der Waals surface area contributed by atoms with E-state index < -0.39 is 0 Å². The molecule has 0 spiro atoms. The lowest BCUT2D eigenvalue weighted by molar-refractivity contribution is 0.566. The van der Waals surface area contributed by atoms with E-state index in [2.05, 4.69) is 48.0 Å². The largest absolute Gasteiger partial charge is 0.324 e. The molecule has 0 fully saturated rings. The highest BCUT2D eigenvalue weighted by molar-refractivity contribution is 9.10. The number of nitrogens with two attached hydrogens (primary N) is 1. The van der Waals surface area contributed by atoms with Crippen LogP contribution in [0.3, 0.4) is 0 Å². The van der Waals surface area contributed by atoms with Gasteiger partial charge >= 0.3 is 0 Å². The van der Waals surface area contributed by atoms with Crippen LogP contribution in [0.5, 0.6) is 0 Å². The second kappa shape index (κ2) is 7.08. The van der Waals surface area contributed by atoms with Crippen molar-refractivity contribution < 1.29 is 0 Å². The molecule has 1 aromatic rings. The Bertz CT molecular complexity index is 323. The van der Waals surface area contributed by atoms with Gasteiger partial charge in [0, 0.05) is 10.5 Å². The lowest BCUT2D eigenvalue weighted by Gasteiger charge is -2.13. The minimum absolute atomic E-state index is 0.198. The Morgan fingerprint density at radius 2 is 2.00 bits per heavy atom. The van der Waals surface area contributed by atoms with E-state index in [9.17, 15) is 0 Å². The lowest BCUT2D eigenvalue weighted by atomic mass is 9.99. The van der Waals surface area contributed by atoms with Crippen molar-refractivity contribution in [1.29, 1.82) is 0 Å². The molecule has 0 amide bonds. The maximum Gasteiger partial charge on any atom is 0.0294 e. The molecule has 0 radical (unpaired) electrons. The predicted octanol–water partition coefficient (Wildman–Crippen LogP) is 4.73. The molecule has 0 aliphatic carbocycles. The molecule has 1 rings (SSSR count). The van der Waals surface area contributed by atoms with Crippen molar-refractivity contribution in [2.45, 2.75) is 52.0 Å². The highest BCUT2D eigenvalue weighted by Gasteiger charge is 2.06. The Hall–Kier alpha value is -0.340. The first-order valence-electron chi connectivity index (χ1n) is 6.16. The highest BCUT2D eigenvalue weighted by atomic mass is 79.9. The smallest absolute Gasteiger partial charge is 0.0294 e. The molecule has 0 saturated carbocycles. The number of benzene rings is 1. The maximum absolute atomic E-state index is 6.18.